The number of fused-ring (bicyclic) bond motifs is 3. The van der Waals surface area contributed by atoms with Gasteiger partial charge < -0.3 is 0 Å². The highest BCUT2D eigenvalue weighted by Crippen LogP contribution is 2.37. The van der Waals surface area contributed by atoms with Crippen molar-refractivity contribution in [1.82, 2.24) is 0 Å². The minimum atomic E-state index is -1.41. The Bertz CT molecular complexity index is 700. The molecule has 1 aliphatic rings. The Morgan fingerprint density at radius 1 is 0.714 bits per heavy atom. The van der Waals surface area contributed by atoms with Gasteiger partial charge in [0, 0.05) is 0 Å². The molecule has 0 heterocycles. The summed E-state index contributed by atoms with van der Waals surface area (Å²) in [6, 6.07) is 13.4. The first-order valence-corrected chi connectivity index (χ1v) is 14.7. The van der Waals surface area contributed by atoms with Gasteiger partial charge in [0.2, 0.25) is 0 Å². The van der Waals surface area contributed by atoms with Gasteiger partial charge >= 0.3 is 0 Å². The third-order valence-electron chi connectivity index (χ3n) is 4.24. The van der Waals surface area contributed by atoms with E-state index in [4.69, 9.17) is 0 Å². The summed E-state index contributed by atoms with van der Waals surface area (Å²) < 4.78 is 0. The van der Waals surface area contributed by atoms with E-state index in [0.717, 1.165) is 0 Å². The molecule has 0 aromatic heterocycles. The molecule has 2 heteroatoms. The lowest BCUT2D eigenvalue weighted by Crippen LogP contribution is -2.57. The number of hydrogen-bond acceptors (Lipinski definition) is 0. The molecule has 0 saturated heterocycles. The Balaban J connectivity index is 2.31. The predicted molar refractivity (Wildman–Crippen MR) is 99.3 cm³/mol. The molecular weight excluding hydrogens is 284 g/mol. The molecule has 0 saturated carbocycles. The maximum atomic E-state index is 3.72. The molecule has 108 valence electrons. The summed E-state index contributed by atoms with van der Waals surface area (Å²) in [5, 5.41) is 3.29. The fourth-order valence-electron chi connectivity index (χ4n) is 3.32. The number of hydrogen-bond donors (Lipinski definition) is 0. The van der Waals surface area contributed by atoms with E-state index in [1.54, 1.807) is 10.4 Å². The summed E-state index contributed by atoms with van der Waals surface area (Å²) in [6.45, 7) is 14.8. The molecule has 0 aliphatic heterocycles. The van der Waals surface area contributed by atoms with Crippen LogP contribution in [0.15, 0.2) is 36.4 Å². The minimum absolute atomic E-state index is 1.26. The second-order valence-corrected chi connectivity index (χ2v) is 18.1. The van der Waals surface area contributed by atoms with Crippen molar-refractivity contribution >= 4 is 26.5 Å². The van der Waals surface area contributed by atoms with Gasteiger partial charge in [-0.1, -0.05) is 86.1 Å². The maximum Gasteiger partial charge on any atom is 0.0778 e. The molecule has 2 aromatic carbocycles. The fraction of sp³-hybridized carbons (Fsp3) is 0.316. The van der Waals surface area contributed by atoms with Gasteiger partial charge in [-0.15, -0.1) is 0 Å². The quantitative estimate of drug-likeness (QED) is 0.621. The van der Waals surface area contributed by atoms with Gasteiger partial charge in [-0.05, 0) is 22.3 Å². The van der Waals surface area contributed by atoms with Gasteiger partial charge in [-0.25, -0.2) is 0 Å². The van der Waals surface area contributed by atoms with Gasteiger partial charge in [-0.2, -0.15) is 0 Å². The summed E-state index contributed by atoms with van der Waals surface area (Å²) in [5.41, 5.74) is 5.41. The van der Waals surface area contributed by atoms with Crippen LogP contribution in [0.3, 0.4) is 0 Å². The van der Waals surface area contributed by atoms with Crippen LogP contribution in [0.5, 0.6) is 0 Å². The molecule has 2 radical (unpaired) electrons. The summed E-state index contributed by atoms with van der Waals surface area (Å²) in [6.07, 6.45) is 3.72. The zero-order chi connectivity index (χ0) is 15.4. The second-order valence-electron chi connectivity index (χ2n) is 8.08. The molecule has 0 amide bonds. The van der Waals surface area contributed by atoms with Crippen molar-refractivity contribution in [2.24, 2.45) is 0 Å². The van der Waals surface area contributed by atoms with Crippen LogP contribution in [0.1, 0.15) is 11.1 Å². The normalized spacial score (nSPS) is 14.0. The molecule has 0 unspecified atom stereocenters. The van der Waals surface area contributed by atoms with Gasteiger partial charge in [-0.3, -0.25) is 0 Å². The van der Waals surface area contributed by atoms with E-state index in [-0.39, 0.29) is 0 Å². The lowest BCUT2D eigenvalue weighted by molar-refractivity contribution is 1.55. The first-order chi connectivity index (χ1) is 9.69. The van der Waals surface area contributed by atoms with E-state index in [0.29, 0.717) is 0 Å². The summed E-state index contributed by atoms with van der Waals surface area (Å²) in [5.74, 6) is 0. The smallest absolute Gasteiger partial charge is 0.0656 e. The van der Waals surface area contributed by atoms with Crippen molar-refractivity contribution in [2.75, 3.05) is 0 Å². The summed E-state index contributed by atoms with van der Waals surface area (Å²) in [7, 11) is -2.75. The van der Waals surface area contributed by atoms with Crippen LogP contribution in [-0.4, -0.2) is 16.1 Å². The molecule has 21 heavy (non-hydrogen) atoms. The first-order valence-electron chi connectivity index (χ1n) is 7.74. The van der Waals surface area contributed by atoms with Crippen LogP contribution in [0.25, 0.3) is 11.1 Å². The first kappa shape index (κ1) is 14.8. The zero-order valence-corrected chi connectivity index (χ0v) is 16.0. The van der Waals surface area contributed by atoms with E-state index in [1.807, 2.05) is 0 Å². The fourth-order valence-corrected chi connectivity index (χ4v) is 8.87. The summed E-state index contributed by atoms with van der Waals surface area (Å²) >= 11 is 0. The van der Waals surface area contributed by atoms with E-state index >= 15 is 0 Å². The standard InChI is InChI=1S/C19H24Si2/c1-20(2,3)18-12-11-16-15-10-8-7-9-14(15)13-17(16)19(18)21(4,5)6/h7-12H,1-6H3. The number of benzene rings is 2. The zero-order valence-electron chi connectivity index (χ0n) is 14.0. The third kappa shape index (κ3) is 2.45. The molecule has 0 fully saturated rings. The van der Waals surface area contributed by atoms with Crippen LogP contribution >= 0.6 is 0 Å². The van der Waals surface area contributed by atoms with Crippen LogP contribution in [0, 0.1) is 6.42 Å². The SMILES string of the molecule is C[Si](C)(C)c1ccc2c(c1[Si](C)(C)C)[C]c1ccccc1-2. The molecule has 3 rings (SSSR count). The van der Waals surface area contributed by atoms with Crippen LogP contribution in [0.2, 0.25) is 39.3 Å². The number of rotatable bonds is 2. The van der Waals surface area contributed by atoms with Crippen molar-refractivity contribution in [2.45, 2.75) is 39.3 Å². The molecular formula is C19H24Si2. The average molecular weight is 309 g/mol. The molecule has 0 bridgehead atoms. The highest BCUT2D eigenvalue weighted by Gasteiger charge is 2.33. The second kappa shape index (κ2) is 4.69. The van der Waals surface area contributed by atoms with Crippen LogP contribution in [-0.2, 0) is 0 Å². The predicted octanol–water partition coefficient (Wildman–Crippen LogP) is 4.24. The highest BCUT2D eigenvalue weighted by molar-refractivity contribution is 6.98. The van der Waals surface area contributed by atoms with E-state index < -0.39 is 16.1 Å². The van der Waals surface area contributed by atoms with Crippen molar-refractivity contribution in [3.63, 3.8) is 0 Å². The Kier molecular flexibility index (Phi) is 3.30. The Morgan fingerprint density at radius 2 is 1.38 bits per heavy atom. The monoisotopic (exact) mass is 308 g/mol. The maximum absolute atomic E-state index is 3.72. The Labute approximate surface area is 131 Å². The van der Waals surface area contributed by atoms with Crippen LogP contribution in [0.4, 0.5) is 0 Å². The lowest BCUT2D eigenvalue weighted by Gasteiger charge is -2.30. The summed E-state index contributed by atoms with van der Waals surface area (Å²) in [4.78, 5) is 0. The Hall–Kier alpha value is -1.13. The molecule has 0 N–H and O–H groups in total. The minimum Gasteiger partial charge on any atom is -0.0656 e. The van der Waals surface area contributed by atoms with Crippen molar-refractivity contribution in [3.8, 4) is 11.1 Å². The van der Waals surface area contributed by atoms with Gasteiger partial charge in [0.15, 0.2) is 0 Å². The third-order valence-corrected chi connectivity index (χ3v) is 8.54. The van der Waals surface area contributed by atoms with E-state index in [2.05, 4.69) is 82.1 Å². The molecule has 1 aliphatic carbocycles. The molecule has 2 aromatic rings. The van der Waals surface area contributed by atoms with E-state index in [9.17, 15) is 0 Å². The van der Waals surface area contributed by atoms with Crippen molar-refractivity contribution in [1.29, 1.82) is 0 Å². The molecule has 0 atom stereocenters. The van der Waals surface area contributed by atoms with Gasteiger partial charge in [0.05, 0.1) is 22.6 Å². The molecule has 0 nitrogen and oxygen atoms in total. The highest BCUT2D eigenvalue weighted by atomic mass is 28.3. The topological polar surface area (TPSA) is 0 Å². The molecule has 0 spiro atoms. The van der Waals surface area contributed by atoms with E-state index in [1.165, 1.54) is 22.3 Å². The largest absolute Gasteiger partial charge is 0.0778 e. The Morgan fingerprint density at radius 3 is 2.00 bits per heavy atom. The van der Waals surface area contributed by atoms with Crippen LogP contribution < -0.4 is 10.4 Å². The van der Waals surface area contributed by atoms with Crippen molar-refractivity contribution in [3.05, 3.63) is 53.9 Å². The van der Waals surface area contributed by atoms with Crippen molar-refractivity contribution < 1.29 is 0 Å². The average Bonchev–Trinajstić information content (AvgIpc) is 2.73. The van der Waals surface area contributed by atoms with Gasteiger partial charge in [0.25, 0.3) is 0 Å². The lowest BCUT2D eigenvalue weighted by atomic mass is 10.1. The van der Waals surface area contributed by atoms with Gasteiger partial charge in [0.1, 0.15) is 0 Å².